The smallest absolute Gasteiger partial charge is 0.232 e. The number of sulfonamides is 1. The minimum absolute atomic E-state index is 0.0474. The lowest BCUT2D eigenvalue weighted by Crippen LogP contribution is -2.34. The Morgan fingerprint density at radius 1 is 1.12 bits per heavy atom. The predicted molar refractivity (Wildman–Crippen MR) is 108 cm³/mol. The van der Waals surface area contributed by atoms with Crippen LogP contribution in [0.3, 0.4) is 0 Å². The summed E-state index contributed by atoms with van der Waals surface area (Å²) < 4.78 is 25.6. The van der Waals surface area contributed by atoms with Gasteiger partial charge in [-0.2, -0.15) is 0 Å². The van der Waals surface area contributed by atoms with Gasteiger partial charge in [-0.1, -0.05) is 35.9 Å². The molecule has 1 aliphatic heterocycles. The zero-order valence-corrected chi connectivity index (χ0v) is 16.6. The molecule has 4 rings (SSSR count). The van der Waals surface area contributed by atoms with Crippen LogP contribution in [0.1, 0.15) is 18.1 Å². The zero-order chi connectivity index (χ0) is 18.5. The minimum atomic E-state index is -3.26. The van der Waals surface area contributed by atoms with Crippen LogP contribution in [0.2, 0.25) is 0 Å². The highest BCUT2D eigenvalue weighted by molar-refractivity contribution is 7.92. The number of hydrogen-bond donors (Lipinski definition) is 0. The first-order valence-electron chi connectivity index (χ1n) is 8.48. The number of thiazole rings is 1. The molecule has 26 heavy (non-hydrogen) atoms. The first kappa shape index (κ1) is 17.2. The molecule has 6 heteroatoms. The first-order chi connectivity index (χ1) is 12.3. The highest BCUT2D eigenvalue weighted by Gasteiger charge is 2.32. The van der Waals surface area contributed by atoms with Gasteiger partial charge in [-0.3, -0.25) is 4.31 Å². The van der Waals surface area contributed by atoms with Gasteiger partial charge in [0.05, 0.1) is 17.6 Å². The maximum atomic E-state index is 12.1. The monoisotopic (exact) mass is 384 g/mol. The molecule has 0 fully saturated rings. The summed E-state index contributed by atoms with van der Waals surface area (Å²) in [5, 5.41) is 3.05. The molecule has 1 atom stereocenters. The molecule has 0 N–H and O–H groups in total. The number of aryl methyl sites for hydroxylation is 1. The van der Waals surface area contributed by atoms with Crippen molar-refractivity contribution in [2.75, 3.05) is 10.6 Å². The lowest BCUT2D eigenvalue weighted by molar-refractivity contribution is 0.590. The van der Waals surface area contributed by atoms with Crippen LogP contribution in [-0.2, 0) is 16.4 Å². The summed E-state index contributed by atoms with van der Waals surface area (Å²) in [7, 11) is -3.26. The Balaban J connectivity index is 1.69. The van der Waals surface area contributed by atoms with Crippen molar-refractivity contribution < 1.29 is 8.42 Å². The van der Waals surface area contributed by atoms with Crippen molar-refractivity contribution in [2.24, 2.45) is 0 Å². The van der Waals surface area contributed by atoms with Crippen LogP contribution in [0.5, 0.6) is 0 Å². The van der Waals surface area contributed by atoms with Crippen LogP contribution < -0.4 is 4.31 Å². The SMILES string of the molecule is Cc1ccc(-c2nc(-c3ccc4c(c3)C[C@@H](C)N4S(C)(=O)=O)cs2)cc1. The van der Waals surface area contributed by atoms with Gasteiger partial charge in [-0.05, 0) is 38.0 Å². The Morgan fingerprint density at radius 3 is 2.50 bits per heavy atom. The van der Waals surface area contributed by atoms with E-state index >= 15 is 0 Å². The molecule has 1 aliphatic rings. The highest BCUT2D eigenvalue weighted by Crippen LogP contribution is 2.37. The minimum Gasteiger partial charge on any atom is -0.267 e. The normalized spacial score (nSPS) is 16.7. The maximum absolute atomic E-state index is 12.1. The van der Waals surface area contributed by atoms with Crippen LogP contribution in [0.15, 0.2) is 47.8 Å². The summed E-state index contributed by atoms with van der Waals surface area (Å²) in [6.45, 7) is 4.02. The summed E-state index contributed by atoms with van der Waals surface area (Å²) in [6, 6.07) is 14.3. The third kappa shape index (κ3) is 3.04. The van der Waals surface area contributed by atoms with E-state index in [1.165, 1.54) is 16.1 Å². The standard InChI is InChI=1S/C20H20N2O2S2/c1-13-4-6-15(7-5-13)20-21-18(12-25-20)16-8-9-19-17(11-16)10-14(2)22(19)26(3,23)24/h4-9,11-12,14H,10H2,1-3H3/t14-/m1/s1. The van der Waals surface area contributed by atoms with Gasteiger partial charge in [-0.25, -0.2) is 13.4 Å². The second-order valence-electron chi connectivity index (χ2n) is 6.86. The number of rotatable bonds is 3. The number of nitrogens with zero attached hydrogens (tertiary/aromatic N) is 2. The Kier molecular flexibility index (Phi) is 4.12. The lowest BCUT2D eigenvalue weighted by atomic mass is 10.1. The van der Waals surface area contributed by atoms with Crippen molar-refractivity contribution in [1.82, 2.24) is 4.98 Å². The second-order valence-corrected chi connectivity index (χ2v) is 9.58. The van der Waals surface area contributed by atoms with Gasteiger partial charge >= 0.3 is 0 Å². The molecular weight excluding hydrogens is 364 g/mol. The molecule has 4 nitrogen and oxygen atoms in total. The van der Waals surface area contributed by atoms with Crippen LogP contribution in [-0.4, -0.2) is 25.7 Å². The van der Waals surface area contributed by atoms with E-state index in [2.05, 4.69) is 42.6 Å². The van der Waals surface area contributed by atoms with E-state index in [0.29, 0.717) is 0 Å². The Morgan fingerprint density at radius 2 is 1.81 bits per heavy atom. The van der Waals surface area contributed by atoms with Crippen molar-refractivity contribution in [3.05, 3.63) is 59.0 Å². The van der Waals surface area contributed by atoms with Crippen LogP contribution in [0.25, 0.3) is 21.8 Å². The van der Waals surface area contributed by atoms with Crippen molar-refractivity contribution in [1.29, 1.82) is 0 Å². The van der Waals surface area contributed by atoms with Gasteiger partial charge < -0.3 is 0 Å². The molecule has 0 aliphatic carbocycles. The summed E-state index contributed by atoms with van der Waals surface area (Å²) in [5.41, 5.74) is 6.15. The highest BCUT2D eigenvalue weighted by atomic mass is 32.2. The third-order valence-electron chi connectivity index (χ3n) is 4.69. The van der Waals surface area contributed by atoms with Gasteiger partial charge in [0.2, 0.25) is 10.0 Å². The molecule has 0 saturated carbocycles. The number of anilines is 1. The first-order valence-corrected chi connectivity index (χ1v) is 11.2. The molecule has 2 aromatic carbocycles. The Labute approximate surface area is 158 Å². The molecule has 0 bridgehead atoms. The molecule has 0 unspecified atom stereocenters. The molecule has 0 radical (unpaired) electrons. The topological polar surface area (TPSA) is 50.3 Å². The molecule has 0 amide bonds. The van der Waals surface area contributed by atoms with E-state index in [-0.39, 0.29) is 6.04 Å². The number of hydrogen-bond acceptors (Lipinski definition) is 4. The number of benzene rings is 2. The van der Waals surface area contributed by atoms with E-state index in [1.54, 1.807) is 11.3 Å². The van der Waals surface area contributed by atoms with Gasteiger partial charge in [0.25, 0.3) is 0 Å². The van der Waals surface area contributed by atoms with Gasteiger partial charge in [-0.15, -0.1) is 11.3 Å². The molecule has 0 saturated heterocycles. The fourth-order valence-corrected chi connectivity index (χ4v) is 5.60. The zero-order valence-electron chi connectivity index (χ0n) is 14.9. The van der Waals surface area contributed by atoms with Crippen LogP contribution >= 0.6 is 11.3 Å². The fourth-order valence-electron chi connectivity index (χ4n) is 3.50. The summed E-state index contributed by atoms with van der Waals surface area (Å²) in [4.78, 5) is 4.78. The number of aromatic nitrogens is 1. The van der Waals surface area contributed by atoms with Crippen molar-refractivity contribution in [2.45, 2.75) is 26.3 Å². The quantitative estimate of drug-likeness (QED) is 0.668. The summed E-state index contributed by atoms with van der Waals surface area (Å²) >= 11 is 1.62. The molecule has 0 spiro atoms. The summed E-state index contributed by atoms with van der Waals surface area (Å²) in [5.74, 6) is 0. The average molecular weight is 385 g/mol. The van der Waals surface area contributed by atoms with E-state index in [4.69, 9.17) is 4.98 Å². The van der Waals surface area contributed by atoms with Crippen molar-refractivity contribution in [3.63, 3.8) is 0 Å². The Hall–Kier alpha value is -2.18. The largest absolute Gasteiger partial charge is 0.267 e. The fraction of sp³-hybridized carbons (Fsp3) is 0.250. The van der Waals surface area contributed by atoms with E-state index in [0.717, 1.165) is 39.5 Å². The van der Waals surface area contributed by atoms with Crippen molar-refractivity contribution >= 4 is 27.0 Å². The van der Waals surface area contributed by atoms with E-state index in [1.807, 2.05) is 19.1 Å². The molecular formula is C20H20N2O2S2. The molecule has 3 aromatic rings. The molecule has 1 aromatic heterocycles. The maximum Gasteiger partial charge on any atom is 0.232 e. The molecule has 134 valence electrons. The summed E-state index contributed by atoms with van der Waals surface area (Å²) in [6.07, 6.45) is 1.99. The van der Waals surface area contributed by atoms with Crippen LogP contribution in [0, 0.1) is 6.92 Å². The average Bonchev–Trinajstić information content (AvgIpc) is 3.17. The predicted octanol–water partition coefficient (Wildman–Crippen LogP) is 4.50. The van der Waals surface area contributed by atoms with E-state index in [9.17, 15) is 8.42 Å². The van der Waals surface area contributed by atoms with Crippen molar-refractivity contribution in [3.8, 4) is 21.8 Å². The van der Waals surface area contributed by atoms with Gasteiger partial charge in [0.1, 0.15) is 5.01 Å². The van der Waals surface area contributed by atoms with Crippen LogP contribution in [0.4, 0.5) is 5.69 Å². The Bertz CT molecular complexity index is 1070. The van der Waals surface area contributed by atoms with E-state index < -0.39 is 10.0 Å². The van der Waals surface area contributed by atoms with Gasteiger partial charge in [0, 0.05) is 22.5 Å². The lowest BCUT2D eigenvalue weighted by Gasteiger charge is -2.21. The third-order valence-corrected chi connectivity index (χ3v) is 6.85. The molecule has 2 heterocycles. The second kappa shape index (κ2) is 6.21. The number of fused-ring (bicyclic) bond motifs is 1. The van der Waals surface area contributed by atoms with Gasteiger partial charge in [0.15, 0.2) is 0 Å².